The van der Waals surface area contributed by atoms with Gasteiger partial charge in [0.1, 0.15) is 5.82 Å². The average molecular weight is 331 g/mol. The number of hydrogen-bond donors (Lipinski definition) is 1. The third-order valence-electron chi connectivity index (χ3n) is 5.00. The van der Waals surface area contributed by atoms with Gasteiger partial charge in [-0.1, -0.05) is 0 Å². The van der Waals surface area contributed by atoms with Crippen LogP contribution in [0, 0.1) is 5.92 Å². The van der Waals surface area contributed by atoms with Gasteiger partial charge in [-0.15, -0.1) is 0 Å². The molecule has 0 aliphatic carbocycles. The summed E-state index contributed by atoms with van der Waals surface area (Å²) >= 11 is 0. The summed E-state index contributed by atoms with van der Waals surface area (Å²) in [4.78, 5) is 32.0. The zero-order valence-corrected chi connectivity index (χ0v) is 14.0. The highest BCUT2D eigenvalue weighted by Crippen LogP contribution is 2.23. The molecule has 6 nitrogen and oxygen atoms in total. The standard InChI is InChI=1S/C18H25N3O3/c22-17(23)8-5-14-4-3-11-21(13-14)18(24)15-6-7-16(19-12-15)20-9-1-2-10-20/h6-7,12,14H,1-5,8-11,13H2,(H,22,23). The highest BCUT2D eigenvalue weighted by Gasteiger charge is 2.25. The molecule has 1 aromatic heterocycles. The number of anilines is 1. The molecule has 3 rings (SSSR count). The van der Waals surface area contributed by atoms with Crippen molar-refractivity contribution in [3.8, 4) is 0 Å². The van der Waals surface area contributed by atoms with E-state index >= 15 is 0 Å². The number of rotatable bonds is 5. The van der Waals surface area contributed by atoms with E-state index in [-0.39, 0.29) is 18.2 Å². The van der Waals surface area contributed by atoms with Crippen LogP contribution in [0.15, 0.2) is 18.3 Å². The van der Waals surface area contributed by atoms with Gasteiger partial charge in [-0.3, -0.25) is 9.59 Å². The van der Waals surface area contributed by atoms with Crippen molar-refractivity contribution >= 4 is 17.7 Å². The molecule has 6 heteroatoms. The Labute approximate surface area is 142 Å². The second-order valence-electron chi connectivity index (χ2n) is 6.79. The summed E-state index contributed by atoms with van der Waals surface area (Å²) in [5.41, 5.74) is 0.622. The molecule has 130 valence electrons. The molecule has 1 unspecified atom stereocenters. The maximum atomic E-state index is 12.7. The van der Waals surface area contributed by atoms with Gasteiger partial charge in [-0.05, 0) is 50.2 Å². The topological polar surface area (TPSA) is 73.7 Å². The van der Waals surface area contributed by atoms with Crippen molar-refractivity contribution in [2.24, 2.45) is 5.92 Å². The predicted octanol–water partition coefficient (Wildman–Crippen LogP) is 2.40. The molecular formula is C18H25N3O3. The van der Waals surface area contributed by atoms with Gasteiger partial charge in [0.25, 0.3) is 5.91 Å². The quantitative estimate of drug-likeness (QED) is 0.897. The van der Waals surface area contributed by atoms with Crippen molar-refractivity contribution in [3.05, 3.63) is 23.9 Å². The Bertz CT molecular complexity index is 582. The number of amides is 1. The molecule has 1 N–H and O–H groups in total. The average Bonchev–Trinajstić information content (AvgIpc) is 3.14. The number of likely N-dealkylation sites (tertiary alicyclic amines) is 1. The van der Waals surface area contributed by atoms with Crippen LogP contribution in [0.4, 0.5) is 5.82 Å². The van der Waals surface area contributed by atoms with E-state index in [1.165, 1.54) is 12.8 Å². The molecule has 0 spiro atoms. The van der Waals surface area contributed by atoms with Crippen molar-refractivity contribution in [1.82, 2.24) is 9.88 Å². The maximum Gasteiger partial charge on any atom is 0.303 e. The smallest absolute Gasteiger partial charge is 0.303 e. The van der Waals surface area contributed by atoms with Crippen molar-refractivity contribution in [3.63, 3.8) is 0 Å². The minimum Gasteiger partial charge on any atom is -0.481 e. The van der Waals surface area contributed by atoms with E-state index in [1.807, 2.05) is 17.0 Å². The van der Waals surface area contributed by atoms with E-state index in [1.54, 1.807) is 6.20 Å². The van der Waals surface area contributed by atoms with E-state index in [9.17, 15) is 9.59 Å². The Morgan fingerprint density at radius 2 is 1.96 bits per heavy atom. The van der Waals surface area contributed by atoms with Gasteiger partial charge in [0.15, 0.2) is 0 Å². The van der Waals surface area contributed by atoms with Gasteiger partial charge in [0, 0.05) is 38.8 Å². The number of carboxylic acids is 1. The van der Waals surface area contributed by atoms with Crippen molar-refractivity contribution in [2.75, 3.05) is 31.1 Å². The fourth-order valence-electron chi connectivity index (χ4n) is 3.64. The lowest BCUT2D eigenvalue weighted by Gasteiger charge is -2.32. The number of carbonyl (C=O) groups excluding carboxylic acids is 1. The Morgan fingerprint density at radius 1 is 1.17 bits per heavy atom. The Balaban J connectivity index is 1.59. The third-order valence-corrected chi connectivity index (χ3v) is 5.00. The van der Waals surface area contributed by atoms with Crippen LogP contribution in [0.1, 0.15) is 48.9 Å². The van der Waals surface area contributed by atoms with Crippen LogP contribution in [-0.4, -0.2) is 53.0 Å². The summed E-state index contributed by atoms with van der Waals surface area (Å²) in [7, 11) is 0. The summed E-state index contributed by atoms with van der Waals surface area (Å²) in [5.74, 6) is 0.480. The lowest BCUT2D eigenvalue weighted by atomic mass is 9.93. The van der Waals surface area contributed by atoms with Crippen LogP contribution in [-0.2, 0) is 4.79 Å². The third kappa shape index (κ3) is 4.04. The molecular weight excluding hydrogens is 306 g/mol. The highest BCUT2D eigenvalue weighted by atomic mass is 16.4. The highest BCUT2D eigenvalue weighted by molar-refractivity contribution is 5.94. The Hall–Kier alpha value is -2.11. The molecule has 1 atom stereocenters. The Kier molecular flexibility index (Phi) is 5.33. The number of carbonyl (C=O) groups is 2. The summed E-state index contributed by atoms with van der Waals surface area (Å²) in [6, 6.07) is 3.80. The second kappa shape index (κ2) is 7.64. The largest absolute Gasteiger partial charge is 0.481 e. The molecule has 2 aliphatic rings. The van der Waals surface area contributed by atoms with Crippen molar-refractivity contribution < 1.29 is 14.7 Å². The first kappa shape index (κ1) is 16.7. The van der Waals surface area contributed by atoms with E-state index < -0.39 is 5.97 Å². The zero-order valence-electron chi connectivity index (χ0n) is 14.0. The fourth-order valence-corrected chi connectivity index (χ4v) is 3.64. The first-order valence-corrected chi connectivity index (χ1v) is 8.85. The molecule has 3 heterocycles. The maximum absolute atomic E-state index is 12.7. The molecule has 2 saturated heterocycles. The number of piperidine rings is 1. The van der Waals surface area contributed by atoms with Gasteiger partial charge in [-0.2, -0.15) is 0 Å². The van der Waals surface area contributed by atoms with E-state index in [4.69, 9.17) is 5.11 Å². The summed E-state index contributed by atoms with van der Waals surface area (Å²) in [5, 5.41) is 8.82. The normalized spacial score (nSPS) is 21.1. The fraction of sp³-hybridized carbons (Fsp3) is 0.611. The summed E-state index contributed by atoms with van der Waals surface area (Å²) in [6.45, 7) is 3.48. The molecule has 1 aromatic rings. The Morgan fingerprint density at radius 3 is 2.62 bits per heavy atom. The van der Waals surface area contributed by atoms with Crippen LogP contribution in [0.25, 0.3) is 0 Å². The number of aliphatic carboxylic acids is 1. The minimum atomic E-state index is -0.764. The zero-order chi connectivity index (χ0) is 16.9. The first-order chi connectivity index (χ1) is 11.6. The van der Waals surface area contributed by atoms with Crippen LogP contribution < -0.4 is 4.90 Å². The van der Waals surface area contributed by atoms with Gasteiger partial charge in [0.2, 0.25) is 0 Å². The first-order valence-electron chi connectivity index (χ1n) is 8.85. The molecule has 0 aromatic carbocycles. The van der Waals surface area contributed by atoms with Crippen LogP contribution in [0.5, 0.6) is 0 Å². The number of pyridine rings is 1. The molecule has 0 radical (unpaired) electrons. The SMILES string of the molecule is O=C(O)CCC1CCCN(C(=O)c2ccc(N3CCCC3)nc2)C1. The van der Waals surface area contributed by atoms with Crippen LogP contribution in [0.3, 0.4) is 0 Å². The van der Waals surface area contributed by atoms with Crippen molar-refractivity contribution in [1.29, 1.82) is 0 Å². The van der Waals surface area contributed by atoms with Crippen LogP contribution in [0.2, 0.25) is 0 Å². The molecule has 2 aliphatic heterocycles. The van der Waals surface area contributed by atoms with Gasteiger partial charge >= 0.3 is 5.97 Å². The van der Waals surface area contributed by atoms with Crippen molar-refractivity contribution in [2.45, 2.75) is 38.5 Å². The minimum absolute atomic E-state index is 0.00972. The summed E-state index contributed by atoms with van der Waals surface area (Å²) < 4.78 is 0. The monoisotopic (exact) mass is 331 g/mol. The van der Waals surface area contributed by atoms with E-state index in [0.29, 0.717) is 18.5 Å². The number of hydrogen-bond acceptors (Lipinski definition) is 4. The lowest BCUT2D eigenvalue weighted by Crippen LogP contribution is -2.40. The molecule has 0 bridgehead atoms. The second-order valence-corrected chi connectivity index (χ2v) is 6.79. The molecule has 24 heavy (non-hydrogen) atoms. The molecule has 2 fully saturated rings. The van der Waals surface area contributed by atoms with E-state index in [2.05, 4.69) is 9.88 Å². The van der Waals surface area contributed by atoms with Gasteiger partial charge in [-0.25, -0.2) is 4.98 Å². The van der Waals surface area contributed by atoms with Gasteiger partial charge in [0.05, 0.1) is 5.56 Å². The van der Waals surface area contributed by atoms with E-state index in [0.717, 1.165) is 38.3 Å². The molecule has 1 amide bonds. The predicted molar refractivity (Wildman–Crippen MR) is 91.2 cm³/mol. The lowest BCUT2D eigenvalue weighted by molar-refractivity contribution is -0.137. The number of aromatic nitrogens is 1. The van der Waals surface area contributed by atoms with Crippen LogP contribution >= 0.6 is 0 Å². The summed E-state index contributed by atoms with van der Waals surface area (Å²) in [6.07, 6.45) is 6.85. The number of nitrogens with zero attached hydrogens (tertiary/aromatic N) is 3. The number of carboxylic acid groups (broad SMARTS) is 1. The molecule has 0 saturated carbocycles. The van der Waals surface area contributed by atoms with Gasteiger partial charge < -0.3 is 14.9 Å².